The first-order valence-electron chi connectivity index (χ1n) is 9.82. The average Bonchev–Trinajstić information content (AvgIpc) is 2.95. The molecule has 0 aliphatic carbocycles. The van der Waals surface area contributed by atoms with Crippen LogP contribution in [0.4, 0.5) is 15.8 Å². The summed E-state index contributed by atoms with van der Waals surface area (Å²) >= 11 is 0. The Balaban J connectivity index is 1.91. The van der Waals surface area contributed by atoms with Crippen molar-refractivity contribution in [1.82, 2.24) is 4.90 Å². The fraction of sp³-hybridized carbons (Fsp3) is 0.304. The largest absolute Gasteiger partial charge is 0.326 e. The van der Waals surface area contributed by atoms with Crippen LogP contribution in [0.25, 0.3) is 0 Å². The molecular formula is C23H24FN3O4. The smallest absolute Gasteiger partial charge is 0.257 e. The number of hydrogen-bond acceptors (Lipinski definition) is 4. The molecular weight excluding hydrogens is 401 g/mol. The maximum atomic E-state index is 13.3. The van der Waals surface area contributed by atoms with Crippen LogP contribution in [0.3, 0.4) is 0 Å². The Morgan fingerprint density at radius 3 is 2.13 bits per heavy atom. The number of halogens is 1. The van der Waals surface area contributed by atoms with Crippen LogP contribution in [0.2, 0.25) is 0 Å². The Labute approximate surface area is 179 Å². The highest BCUT2D eigenvalue weighted by atomic mass is 19.1. The molecule has 1 aliphatic rings. The number of imide groups is 1. The van der Waals surface area contributed by atoms with Gasteiger partial charge in [-0.05, 0) is 69.3 Å². The Morgan fingerprint density at radius 1 is 1.03 bits per heavy atom. The van der Waals surface area contributed by atoms with E-state index < -0.39 is 35.1 Å². The zero-order valence-corrected chi connectivity index (χ0v) is 17.8. The van der Waals surface area contributed by atoms with Gasteiger partial charge in [0.05, 0.1) is 12.1 Å². The number of carbonyl (C=O) groups is 4. The molecule has 7 nitrogen and oxygen atoms in total. The zero-order valence-electron chi connectivity index (χ0n) is 17.8. The van der Waals surface area contributed by atoms with Gasteiger partial charge in [0, 0.05) is 23.7 Å². The minimum Gasteiger partial charge on any atom is -0.326 e. The molecule has 2 aromatic rings. The fourth-order valence-corrected chi connectivity index (χ4v) is 3.63. The Hall–Kier alpha value is -3.55. The third-order valence-corrected chi connectivity index (χ3v) is 4.91. The molecule has 0 spiro atoms. The molecule has 162 valence electrons. The molecule has 3 rings (SSSR count). The molecule has 1 saturated heterocycles. The molecule has 0 saturated carbocycles. The number of anilines is 2. The number of amides is 4. The van der Waals surface area contributed by atoms with Gasteiger partial charge in [-0.2, -0.15) is 0 Å². The van der Waals surface area contributed by atoms with Crippen molar-refractivity contribution < 1.29 is 23.6 Å². The summed E-state index contributed by atoms with van der Waals surface area (Å²) in [5.74, 6) is -2.10. The minimum atomic E-state index is -0.986. The van der Waals surface area contributed by atoms with E-state index in [0.29, 0.717) is 11.4 Å². The van der Waals surface area contributed by atoms with E-state index in [1.807, 2.05) is 0 Å². The summed E-state index contributed by atoms with van der Waals surface area (Å²) in [6.07, 6.45) is -0.156. The maximum absolute atomic E-state index is 13.3. The predicted octanol–water partition coefficient (Wildman–Crippen LogP) is 3.36. The van der Waals surface area contributed by atoms with Gasteiger partial charge in [0.25, 0.3) is 11.8 Å². The van der Waals surface area contributed by atoms with Gasteiger partial charge in [0.1, 0.15) is 11.9 Å². The molecule has 0 radical (unpaired) electrons. The molecule has 0 bridgehead atoms. The highest BCUT2D eigenvalue weighted by Crippen LogP contribution is 2.31. The van der Waals surface area contributed by atoms with Crippen LogP contribution in [0.15, 0.2) is 48.5 Å². The van der Waals surface area contributed by atoms with Gasteiger partial charge < -0.3 is 10.2 Å². The van der Waals surface area contributed by atoms with Crippen molar-refractivity contribution in [3.63, 3.8) is 0 Å². The Bertz CT molecular complexity index is 1030. The van der Waals surface area contributed by atoms with E-state index in [4.69, 9.17) is 0 Å². The van der Waals surface area contributed by atoms with Crippen molar-refractivity contribution in [1.29, 1.82) is 0 Å². The lowest BCUT2D eigenvalue weighted by Crippen LogP contribution is -2.54. The molecule has 0 aromatic heterocycles. The number of rotatable bonds is 4. The summed E-state index contributed by atoms with van der Waals surface area (Å²) in [5, 5.41) is 2.62. The summed E-state index contributed by atoms with van der Waals surface area (Å²) in [7, 11) is 0. The zero-order chi connectivity index (χ0) is 22.9. The van der Waals surface area contributed by atoms with E-state index in [2.05, 4.69) is 5.32 Å². The van der Waals surface area contributed by atoms with E-state index in [1.54, 1.807) is 45.0 Å². The first-order chi connectivity index (χ1) is 14.5. The molecule has 1 heterocycles. The van der Waals surface area contributed by atoms with Crippen molar-refractivity contribution in [3.05, 3.63) is 59.9 Å². The quantitative estimate of drug-likeness (QED) is 0.761. The normalized spacial score (nSPS) is 16.4. The average molecular weight is 425 g/mol. The summed E-state index contributed by atoms with van der Waals surface area (Å²) in [4.78, 5) is 52.8. The monoisotopic (exact) mass is 425 g/mol. The van der Waals surface area contributed by atoms with Gasteiger partial charge in [0.2, 0.25) is 11.8 Å². The summed E-state index contributed by atoms with van der Waals surface area (Å²) in [6, 6.07) is 10.4. The predicted molar refractivity (Wildman–Crippen MR) is 114 cm³/mol. The summed E-state index contributed by atoms with van der Waals surface area (Å²) in [5.41, 5.74) is 0.358. The number of carbonyl (C=O) groups excluding carboxylic acids is 4. The lowest BCUT2D eigenvalue weighted by molar-refractivity contribution is -0.123. The number of nitrogens with zero attached hydrogens (tertiary/aromatic N) is 2. The highest BCUT2D eigenvalue weighted by molar-refractivity contribution is 6.23. The van der Waals surface area contributed by atoms with E-state index in [9.17, 15) is 23.6 Å². The SMILES string of the molecule is CC(=O)Nc1ccc(N2C(=O)CC(N(C(=O)c3ccc(F)cc3)C(C)(C)C)C2=O)cc1. The number of nitrogens with one attached hydrogen (secondary N) is 1. The molecule has 2 aromatic carbocycles. The van der Waals surface area contributed by atoms with Crippen molar-refractivity contribution >= 4 is 35.0 Å². The van der Waals surface area contributed by atoms with Gasteiger partial charge in [-0.3, -0.25) is 19.2 Å². The molecule has 31 heavy (non-hydrogen) atoms. The molecule has 1 atom stereocenters. The lowest BCUT2D eigenvalue weighted by Gasteiger charge is -2.39. The standard InChI is InChI=1S/C23H24FN3O4/c1-14(28)25-17-9-11-18(12-10-17)26-20(29)13-19(22(26)31)27(23(2,3)4)21(30)15-5-7-16(24)8-6-15/h5-12,19H,13H2,1-4H3,(H,25,28). The molecule has 1 N–H and O–H groups in total. The lowest BCUT2D eigenvalue weighted by atomic mass is 9.99. The van der Waals surface area contributed by atoms with E-state index in [1.165, 1.54) is 36.1 Å². The van der Waals surface area contributed by atoms with Crippen LogP contribution in [-0.4, -0.2) is 40.1 Å². The third-order valence-electron chi connectivity index (χ3n) is 4.91. The van der Waals surface area contributed by atoms with Crippen LogP contribution in [0.5, 0.6) is 0 Å². The fourth-order valence-electron chi connectivity index (χ4n) is 3.63. The van der Waals surface area contributed by atoms with Gasteiger partial charge in [-0.15, -0.1) is 0 Å². The maximum Gasteiger partial charge on any atom is 0.257 e. The molecule has 8 heteroatoms. The van der Waals surface area contributed by atoms with E-state index in [0.717, 1.165) is 4.90 Å². The second-order valence-corrected chi connectivity index (χ2v) is 8.37. The van der Waals surface area contributed by atoms with E-state index >= 15 is 0 Å². The highest BCUT2D eigenvalue weighted by Gasteiger charge is 2.47. The van der Waals surface area contributed by atoms with Crippen molar-refractivity contribution in [2.75, 3.05) is 10.2 Å². The second-order valence-electron chi connectivity index (χ2n) is 8.37. The van der Waals surface area contributed by atoms with Crippen LogP contribution < -0.4 is 10.2 Å². The van der Waals surface area contributed by atoms with Crippen LogP contribution >= 0.6 is 0 Å². The number of benzene rings is 2. The van der Waals surface area contributed by atoms with E-state index in [-0.39, 0.29) is 17.9 Å². The summed E-state index contributed by atoms with van der Waals surface area (Å²) < 4.78 is 13.3. The van der Waals surface area contributed by atoms with Crippen LogP contribution in [-0.2, 0) is 14.4 Å². The number of hydrogen-bond donors (Lipinski definition) is 1. The Morgan fingerprint density at radius 2 is 1.61 bits per heavy atom. The van der Waals surface area contributed by atoms with Gasteiger partial charge in [-0.1, -0.05) is 0 Å². The Kier molecular flexibility index (Phi) is 5.92. The minimum absolute atomic E-state index is 0.156. The van der Waals surface area contributed by atoms with Crippen molar-refractivity contribution in [2.45, 2.75) is 45.7 Å². The first kappa shape index (κ1) is 22.1. The third kappa shape index (κ3) is 4.63. The molecule has 1 aliphatic heterocycles. The van der Waals surface area contributed by atoms with Gasteiger partial charge >= 0.3 is 0 Å². The van der Waals surface area contributed by atoms with Crippen molar-refractivity contribution in [2.24, 2.45) is 0 Å². The molecule has 4 amide bonds. The topological polar surface area (TPSA) is 86.8 Å². The van der Waals surface area contributed by atoms with Crippen molar-refractivity contribution in [3.8, 4) is 0 Å². The second kappa shape index (κ2) is 8.29. The van der Waals surface area contributed by atoms with Crippen LogP contribution in [0.1, 0.15) is 44.5 Å². The first-order valence-corrected chi connectivity index (χ1v) is 9.82. The van der Waals surface area contributed by atoms with Gasteiger partial charge in [0.15, 0.2) is 0 Å². The summed E-state index contributed by atoms with van der Waals surface area (Å²) in [6.45, 7) is 6.70. The van der Waals surface area contributed by atoms with Crippen LogP contribution in [0, 0.1) is 5.82 Å². The molecule has 1 fully saturated rings. The molecule has 1 unspecified atom stereocenters. The van der Waals surface area contributed by atoms with Gasteiger partial charge in [-0.25, -0.2) is 9.29 Å².